The summed E-state index contributed by atoms with van der Waals surface area (Å²) in [5, 5.41) is 9.78. The molecule has 0 saturated carbocycles. The summed E-state index contributed by atoms with van der Waals surface area (Å²) in [5.41, 5.74) is 0.842. The van der Waals surface area contributed by atoms with E-state index >= 15 is 0 Å². The van der Waals surface area contributed by atoms with Gasteiger partial charge in [-0.2, -0.15) is 0 Å². The molecule has 0 aromatic heterocycles. The van der Waals surface area contributed by atoms with Gasteiger partial charge in [0, 0.05) is 12.0 Å². The molecule has 1 aromatic carbocycles. The lowest BCUT2D eigenvalue weighted by Crippen LogP contribution is -2.14. The molecule has 0 spiro atoms. The highest BCUT2D eigenvalue weighted by atomic mass is 16.5. The van der Waals surface area contributed by atoms with Crippen molar-refractivity contribution in [3.05, 3.63) is 23.8 Å². The summed E-state index contributed by atoms with van der Waals surface area (Å²) < 4.78 is 11.1. The summed E-state index contributed by atoms with van der Waals surface area (Å²) in [6.45, 7) is 3.29. The first-order valence-corrected chi connectivity index (χ1v) is 5.39. The second-order valence-corrected chi connectivity index (χ2v) is 3.68. The molecule has 0 radical (unpaired) electrons. The third-order valence-corrected chi connectivity index (χ3v) is 2.47. The smallest absolute Gasteiger partial charge is 0.166 e. The third-order valence-electron chi connectivity index (χ3n) is 2.47. The minimum Gasteiger partial charge on any atom is -0.490 e. The van der Waals surface area contributed by atoms with E-state index < -0.39 is 6.10 Å². The van der Waals surface area contributed by atoms with Crippen molar-refractivity contribution in [3.63, 3.8) is 0 Å². The second-order valence-electron chi connectivity index (χ2n) is 3.68. The summed E-state index contributed by atoms with van der Waals surface area (Å²) in [5.74, 6) is 1.46. The van der Waals surface area contributed by atoms with Crippen molar-refractivity contribution in [1.82, 2.24) is 0 Å². The van der Waals surface area contributed by atoms with Gasteiger partial charge in [0.1, 0.15) is 0 Å². The fraction of sp³-hybridized carbons (Fsp3) is 0.500. The normalized spacial score (nSPS) is 19.2. The van der Waals surface area contributed by atoms with Gasteiger partial charge in [-0.1, -0.05) is 19.1 Å². The van der Waals surface area contributed by atoms with E-state index in [1.807, 2.05) is 18.2 Å². The van der Waals surface area contributed by atoms with E-state index in [0.29, 0.717) is 25.4 Å². The average molecular weight is 208 g/mol. The molecule has 0 aliphatic carbocycles. The SMILES string of the molecule is CCCOc1cccc2c1OCC[C@H]2O. The van der Waals surface area contributed by atoms with Gasteiger partial charge in [0.05, 0.1) is 19.3 Å². The van der Waals surface area contributed by atoms with E-state index in [9.17, 15) is 5.11 Å². The Hall–Kier alpha value is -1.22. The monoisotopic (exact) mass is 208 g/mol. The zero-order chi connectivity index (χ0) is 10.7. The van der Waals surface area contributed by atoms with Crippen LogP contribution in [0.3, 0.4) is 0 Å². The molecule has 15 heavy (non-hydrogen) atoms. The Morgan fingerprint density at radius 1 is 1.53 bits per heavy atom. The summed E-state index contributed by atoms with van der Waals surface area (Å²) in [4.78, 5) is 0. The maximum Gasteiger partial charge on any atom is 0.166 e. The Balaban J connectivity index is 2.27. The number of fused-ring (bicyclic) bond motifs is 1. The average Bonchev–Trinajstić information content (AvgIpc) is 2.27. The predicted molar refractivity (Wildman–Crippen MR) is 57.3 cm³/mol. The van der Waals surface area contributed by atoms with Crippen molar-refractivity contribution in [1.29, 1.82) is 0 Å². The fourth-order valence-electron chi connectivity index (χ4n) is 1.70. The molecule has 1 N–H and O–H groups in total. The highest BCUT2D eigenvalue weighted by Crippen LogP contribution is 2.39. The summed E-state index contributed by atoms with van der Waals surface area (Å²) in [7, 11) is 0. The second kappa shape index (κ2) is 4.53. The van der Waals surface area contributed by atoms with Crippen LogP contribution in [0.4, 0.5) is 0 Å². The van der Waals surface area contributed by atoms with Crippen molar-refractivity contribution in [2.45, 2.75) is 25.9 Å². The van der Waals surface area contributed by atoms with Gasteiger partial charge in [0.2, 0.25) is 0 Å². The molecule has 2 rings (SSSR count). The molecule has 1 aliphatic heterocycles. The van der Waals surface area contributed by atoms with Crippen molar-refractivity contribution in [2.75, 3.05) is 13.2 Å². The predicted octanol–water partition coefficient (Wildman–Crippen LogP) is 2.29. The molecule has 1 aliphatic rings. The van der Waals surface area contributed by atoms with Gasteiger partial charge >= 0.3 is 0 Å². The molecular weight excluding hydrogens is 192 g/mol. The molecule has 0 saturated heterocycles. The van der Waals surface area contributed by atoms with E-state index in [2.05, 4.69) is 6.92 Å². The molecule has 1 atom stereocenters. The van der Waals surface area contributed by atoms with Crippen LogP contribution in [0.1, 0.15) is 31.4 Å². The molecule has 82 valence electrons. The van der Waals surface area contributed by atoms with Crippen LogP contribution >= 0.6 is 0 Å². The standard InChI is InChI=1S/C12H16O3/c1-2-7-14-11-5-3-4-9-10(13)6-8-15-12(9)11/h3-5,10,13H,2,6-8H2,1H3/t10-/m1/s1. The van der Waals surface area contributed by atoms with Crippen molar-refractivity contribution in [2.24, 2.45) is 0 Å². The topological polar surface area (TPSA) is 38.7 Å². The van der Waals surface area contributed by atoms with E-state index in [-0.39, 0.29) is 0 Å². The van der Waals surface area contributed by atoms with Crippen LogP contribution in [-0.2, 0) is 0 Å². The number of para-hydroxylation sites is 1. The minimum absolute atomic E-state index is 0.418. The quantitative estimate of drug-likeness (QED) is 0.828. The third kappa shape index (κ3) is 2.07. The zero-order valence-corrected chi connectivity index (χ0v) is 8.90. The fourth-order valence-corrected chi connectivity index (χ4v) is 1.70. The van der Waals surface area contributed by atoms with Crippen LogP contribution in [0, 0.1) is 0 Å². The van der Waals surface area contributed by atoms with E-state index in [1.165, 1.54) is 0 Å². The molecule has 3 nitrogen and oxygen atoms in total. The van der Waals surface area contributed by atoms with Crippen LogP contribution in [0.5, 0.6) is 11.5 Å². The van der Waals surface area contributed by atoms with E-state index in [4.69, 9.17) is 9.47 Å². The highest BCUT2D eigenvalue weighted by Gasteiger charge is 2.22. The van der Waals surface area contributed by atoms with Crippen LogP contribution < -0.4 is 9.47 Å². The van der Waals surface area contributed by atoms with Gasteiger partial charge in [0.25, 0.3) is 0 Å². The Bertz CT molecular complexity index is 336. The molecule has 1 heterocycles. The van der Waals surface area contributed by atoms with E-state index in [0.717, 1.165) is 17.7 Å². The van der Waals surface area contributed by atoms with Crippen molar-refractivity contribution in [3.8, 4) is 11.5 Å². The van der Waals surface area contributed by atoms with E-state index in [1.54, 1.807) is 0 Å². The molecule has 0 fully saturated rings. The lowest BCUT2D eigenvalue weighted by atomic mass is 10.0. The van der Waals surface area contributed by atoms with Crippen LogP contribution in [0.2, 0.25) is 0 Å². The summed E-state index contributed by atoms with van der Waals surface area (Å²) in [6.07, 6.45) is 1.20. The molecule has 0 unspecified atom stereocenters. The number of hydrogen-bond donors (Lipinski definition) is 1. The number of rotatable bonds is 3. The van der Waals surface area contributed by atoms with Gasteiger partial charge < -0.3 is 14.6 Å². The molecule has 0 amide bonds. The lowest BCUT2D eigenvalue weighted by Gasteiger charge is -2.24. The minimum atomic E-state index is -0.418. The lowest BCUT2D eigenvalue weighted by molar-refractivity contribution is 0.112. The number of aliphatic hydroxyl groups excluding tert-OH is 1. The highest BCUT2D eigenvalue weighted by molar-refractivity contribution is 5.48. The first-order chi connectivity index (χ1) is 7.33. The first kappa shape index (κ1) is 10.3. The largest absolute Gasteiger partial charge is 0.490 e. The summed E-state index contributed by atoms with van der Waals surface area (Å²) in [6, 6.07) is 5.66. The molecule has 1 aromatic rings. The first-order valence-electron chi connectivity index (χ1n) is 5.39. The van der Waals surface area contributed by atoms with Crippen molar-refractivity contribution >= 4 is 0 Å². The van der Waals surface area contributed by atoms with Crippen LogP contribution in [0.15, 0.2) is 18.2 Å². The summed E-state index contributed by atoms with van der Waals surface area (Å²) >= 11 is 0. The van der Waals surface area contributed by atoms with Crippen LogP contribution in [0.25, 0.3) is 0 Å². The Kier molecular flexibility index (Phi) is 3.11. The van der Waals surface area contributed by atoms with Crippen LogP contribution in [-0.4, -0.2) is 18.3 Å². The molecule has 0 bridgehead atoms. The number of ether oxygens (including phenoxy) is 2. The van der Waals surface area contributed by atoms with Crippen molar-refractivity contribution < 1.29 is 14.6 Å². The van der Waals surface area contributed by atoms with Gasteiger partial charge in [-0.25, -0.2) is 0 Å². The van der Waals surface area contributed by atoms with Gasteiger partial charge in [0.15, 0.2) is 11.5 Å². The number of hydrogen-bond acceptors (Lipinski definition) is 3. The zero-order valence-electron chi connectivity index (χ0n) is 8.90. The maximum absolute atomic E-state index is 9.78. The Morgan fingerprint density at radius 3 is 3.20 bits per heavy atom. The molecular formula is C12H16O3. The Morgan fingerprint density at radius 2 is 2.40 bits per heavy atom. The number of benzene rings is 1. The Labute approximate surface area is 89.6 Å². The molecule has 3 heteroatoms. The van der Waals surface area contributed by atoms with Gasteiger partial charge in [-0.15, -0.1) is 0 Å². The number of aliphatic hydroxyl groups is 1. The van der Waals surface area contributed by atoms with Gasteiger partial charge in [-0.3, -0.25) is 0 Å². The van der Waals surface area contributed by atoms with Gasteiger partial charge in [-0.05, 0) is 12.5 Å². The maximum atomic E-state index is 9.78.